The van der Waals surface area contributed by atoms with Crippen LogP contribution in [0.5, 0.6) is 0 Å². The molecule has 0 N–H and O–H groups in total. The van der Waals surface area contributed by atoms with Crippen molar-refractivity contribution in [1.82, 2.24) is 8.61 Å². The first-order valence-electron chi connectivity index (χ1n) is 8.69. The van der Waals surface area contributed by atoms with Gasteiger partial charge in [-0.05, 0) is 49.1 Å². The highest BCUT2D eigenvalue weighted by molar-refractivity contribution is 7.86. The minimum Gasteiger partial charge on any atom is -0.207 e. The van der Waals surface area contributed by atoms with Gasteiger partial charge in [-0.25, -0.2) is 8.78 Å². The van der Waals surface area contributed by atoms with Crippen LogP contribution in [-0.4, -0.2) is 36.7 Å². The maximum atomic E-state index is 14.0. The Morgan fingerprint density at radius 3 is 2.67 bits per heavy atom. The van der Waals surface area contributed by atoms with Gasteiger partial charge in [-0.15, -0.1) is 0 Å². The summed E-state index contributed by atoms with van der Waals surface area (Å²) in [5.74, 6) is -0.881. The van der Waals surface area contributed by atoms with E-state index in [2.05, 4.69) is 0 Å². The lowest BCUT2D eigenvalue weighted by Crippen LogP contribution is -2.44. The van der Waals surface area contributed by atoms with Crippen LogP contribution in [0.4, 0.5) is 8.78 Å². The average molecular weight is 415 g/mol. The molecule has 4 nitrogen and oxygen atoms in total. The first kappa shape index (κ1) is 20.2. The molecule has 1 saturated heterocycles. The summed E-state index contributed by atoms with van der Waals surface area (Å²) < 4.78 is 56.1. The SMILES string of the molecule is CN(Cc1c(F)cccc1Cl)S(=O)(=O)N1CCCC1Cc1cccc(F)c1. The van der Waals surface area contributed by atoms with Gasteiger partial charge in [-0.2, -0.15) is 17.0 Å². The second-order valence-electron chi connectivity index (χ2n) is 6.70. The van der Waals surface area contributed by atoms with E-state index in [1.165, 1.54) is 41.7 Å². The van der Waals surface area contributed by atoms with Crippen molar-refractivity contribution in [2.75, 3.05) is 13.6 Å². The first-order chi connectivity index (χ1) is 12.8. The van der Waals surface area contributed by atoms with Gasteiger partial charge in [0.15, 0.2) is 0 Å². The van der Waals surface area contributed by atoms with E-state index in [1.807, 2.05) is 0 Å². The summed E-state index contributed by atoms with van der Waals surface area (Å²) in [5, 5.41) is 0.190. The highest BCUT2D eigenvalue weighted by atomic mass is 35.5. The molecule has 1 unspecified atom stereocenters. The minimum absolute atomic E-state index is 0.145. The first-order valence-corrected chi connectivity index (χ1v) is 10.5. The Hall–Kier alpha value is -1.54. The van der Waals surface area contributed by atoms with Crippen LogP contribution in [0.25, 0.3) is 0 Å². The van der Waals surface area contributed by atoms with E-state index in [0.29, 0.717) is 19.4 Å². The normalized spacial score (nSPS) is 18.3. The van der Waals surface area contributed by atoms with Crippen LogP contribution >= 0.6 is 11.6 Å². The maximum absolute atomic E-state index is 14.0. The third kappa shape index (κ3) is 4.48. The fourth-order valence-corrected chi connectivity index (χ4v) is 5.21. The smallest absolute Gasteiger partial charge is 0.207 e. The van der Waals surface area contributed by atoms with Crippen LogP contribution in [0.3, 0.4) is 0 Å². The molecule has 0 spiro atoms. The van der Waals surface area contributed by atoms with Gasteiger partial charge in [0.25, 0.3) is 10.2 Å². The number of hydrogen-bond donors (Lipinski definition) is 0. The van der Waals surface area contributed by atoms with Crippen LogP contribution in [0.1, 0.15) is 24.0 Å². The van der Waals surface area contributed by atoms with Crippen molar-refractivity contribution >= 4 is 21.8 Å². The Morgan fingerprint density at radius 1 is 1.22 bits per heavy atom. The van der Waals surface area contributed by atoms with Gasteiger partial charge < -0.3 is 0 Å². The summed E-state index contributed by atoms with van der Waals surface area (Å²) in [6, 6.07) is 10.2. The molecule has 1 fully saturated rings. The lowest BCUT2D eigenvalue weighted by molar-refractivity contribution is 0.338. The molecule has 0 radical (unpaired) electrons. The molecule has 1 aliphatic rings. The number of hydrogen-bond acceptors (Lipinski definition) is 2. The van der Waals surface area contributed by atoms with Gasteiger partial charge in [0, 0.05) is 36.8 Å². The van der Waals surface area contributed by atoms with Gasteiger partial charge >= 0.3 is 0 Å². The van der Waals surface area contributed by atoms with Crippen molar-refractivity contribution in [3.8, 4) is 0 Å². The van der Waals surface area contributed by atoms with Crippen molar-refractivity contribution < 1.29 is 17.2 Å². The summed E-state index contributed by atoms with van der Waals surface area (Å²) >= 11 is 6.02. The van der Waals surface area contributed by atoms with Crippen LogP contribution < -0.4 is 0 Å². The molecule has 146 valence electrons. The predicted molar refractivity (Wildman–Crippen MR) is 102 cm³/mol. The highest BCUT2D eigenvalue weighted by Gasteiger charge is 2.37. The molecule has 0 amide bonds. The third-order valence-corrected chi connectivity index (χ3v) is 7.16. The Kier molecular flexibility index (Phi) is 6.15. The Balaban J connectivity index is 1.78. The Bertz CT molecular complexity index is 903. The van der Waals surface area contributed by atoms with E-state index in [1.54, 1.807) is 12.1 Å². The van der Waals surface area contributed by atoms with Crippen LogP contribution in [0.2, 0.25) is 5.02 Å². The predicted octanol–water partition coefficient (Wildman–Crippen LogP) is 4.00. The van der Waals surface area contributed by atoms with Crippen molar-refractivity contribution in [3.63, 3.8) is 0 Å². The van der Waals surface area contributed by atoms with E-state index in [0.717, 1.165) is 16.3 Å². The van der Waals surface area contributed by atoms with Gasteiger partial charge in [-0.1, -0.05) is 29.8 Å². The molecule has 0 aliphatic carbocycles. The summed E-state index contributed by atoms with van der Waals surface area (Å²) in [6.07, 6.45) is 1.86. The fraction of sp³-hybridized carbons (Fsp3) is 0.368. The maximum Gasteiger partial charge on any atom is 0.282 e. The Labute approximate surface area is 163 Å². The molecule has 1 aliphatic heterocycles. The van der Waals surface area contributed by atoms with Crippen molar-refractivity contribution in [2.45, 2.75) is 31.8 Å². The zero-order chi connectivity index (χ0) is 19.6. The standard InChI is InChI=1S/C19H21ClF2N2O2S/c1-23(13-17-18(20)8-3-9-19(17)22)27(25,26)24-10-4-7-16(24)12-14-5-2-6-15(21)11-14/h2-3,5-6,8-9,11,16H,4,7,10,12-13H2,1H3. The van der Waals surface area contributed by atoms with E-state index in [9.17, 15) is 17.2 Å². The van der Waals surface area contributed by atoms with Crippen molar-refractivity contribution in [2.24, 2.45) is 0 Å². The molecule has 27 heavy (non-hydrogen) atoms. The number of halogens is 3. The lowest BCUT2D eigenvalue weighted by atomic mass is 10.0. The summed E-state index contributed by atoms with van der Waals surface area (Å²) in [6.45, 7) is 0.231. The lowest BCUT2D eigenvalue weighted by Gasteiger charge is -2.29. The van der Waals surface area contributed by atoms with Crippen LogP contribution in [0, 0.1) is 11.6 Å². The molecule has 8 heteroatoms. The number of nitrogens with zero attached hydrogens (tertiary/aromatic N) is 2. The number of rotatable bonds is 6. The molecule has 0 bridgehead atoms. The molecule has 2 aromatic rings. The molecule has 1 heterocycles. The molecule has 2 aromatic carbocycles. The molecule has 1 atom stereocenters. The van der Waals surface area contributed by atoms with Gasteiger partial charge in [0.1, 0.15) is 11.6 Å². The van der Waals surface area contributed by atoms with Crippen LogP contribution in [0.15, 0.2) is 42.5 Å². The molecule has 0 aromatic heterocycles. The largest absolute Gasteiger partial charge is 0.282 e. The second kappa shape index (κ2) is 8.22. The summed E-state index contributed by atoms with van der Waals surface area (Å²) in [4.78, 5) is 0. The fourth-order valence-electron chi connectivity index (χ4n) is 3.42. The van der Waals surface area contributed by atoms with E-state index >= 15 is 0 Å². The second-order valence-corrected chi connectivity index (χ2v) is 9.10. The number of benzene rings is 2. The van der Waals surface area contributed by atoms with Gasteiger partial charge in [0.2, 0.25) is 0 Å². The van der Waals surface area contributed by atoms with Gasteiger partial charge in [-0.3, -0.25) is 0 Å². The van der Waals surface area contributed by atoms with Crippen LogP contribution in [-0.2, 0) is 23.2 Å². The highest BCUT2D eigenvalue weighted by Crippen LogP contribution is 2.28. The average Bonchev–Trinajstić information content (AvgIpc) is 3.07. The van der Waals surface area contributed by atoms with Crippen molar-refractivity contribution in [1.29, 1.82) is 0 Å². The minimum atomic E-state index is -3.80. The molecular formula is C19H21ClF2N2O2S. The van der Waals surface area contributed by atoms with E-state index in [-0.39, 0.29) is 29.0 Å². The van der Waals surface area contributed by atoms with E-state index < -0.39 is 16.0 Å². The summed E-state index contributed by atoms with van der Waals surface area (Å²) in [5.41, 5.74) is 0.896. The zero-order valence-electron chi connectivity index (χ0n) is 14.9. The summed E-state index contributed by atoms with van der Waals surface area (Å²) in [7, 11) is -2.39. The van der Waals surface area contributed by atoms with Crippen molar-refractivity contribution in [3.05, 3.63) is 70.2 Å². The quantitative estimate of drug-likeness (QED) is 0.716. The molecular weight excluding hydrogens is 394 g/mol. The van der Waals surface area contributed by atoms with E-state index in [4.69, 9.17) is 11.6 Å². The Morgan fingerprint density at radius 2 is 1.96 bits per heavy atom. The third-order valence-electron chi connectivity index (χ3n) is 4.82. The monoisotopic (exact) mass is 414 g/mol. The topological polar surface area (TPSA) is 40.6 Å². The zero-order valence-corrected chi connectivity index (χ0v) is 16.5. The van der Waals surface area contributed by atoms with Gasteiger partial charge in [0.05, 0.1) is 0 Å². The molecule has 3 rings (SSSR count). The molecule has 0 saturated carbocycles.